The van der Waals surface area contributed by atoms with E-state index in [9.17, 15) is 0 Å². The molecular formula is C16H26N2. The van der Waals surface area contributed by atoms with Crippen LogP contribution in [0.4, 0.5) is 0 Å². The summed E-state index contributed by atoms with van der Waals surface area (Å²) in [4.78, 5) is 2.63. The Morgan fingerprint density at radius 3 is 2.67 bits per heavy atom. The highest BCUT2D eigenvalue weighted by Crippen LogP contribution is 2.32. The van der Waals surface area contributed by atoms with Crippen molar-refractivity contribution in [2.45, 2.75) is 45.2 Å². The van der Waals surface area contributed by atoms with E-state index >= 15 is 0 Å². The summed E-state index contributed by atoms with van der Waals surface area (Å²) in [5.74, 6) is 0.784. The number of hydrogen-bond acceptors (Lipinski definition) is 2. The smallest absolute Gasteiger partial charge is 0.0239 e. The fourth-order valence-corrected chi connectivity index (χ4v) is 2.92. The Morgan fingerprint density at radius 1 is 1.28 bits per heavy atom. The van der Waals surface area contributed by atoms with Crippen molar-refractivity contribution < 1.29 is 0 Å². The van der Waals surface area contributed by atoms with Gasteiger partial charge in [-0.1, -0.05) is 30.3 Å². The van der Waals surface area contributed by atoms with E-state index in [1.807, 2.05) is 0 Å². The van der Waals surface area contributed by atoms with Crippen LogP contribution in [0.3, 0.4) is 0 Å². The van der Waals surface area contributed by atoms with E-state index in [1.165, 1.54) is 31.4 Å². The van der Waals surface area contributed by atoms with Gasteiger partial charge in [-0.2, -0.15) is 0 Å². The second kappa shape index (κ2) is 5.85. The molecule has 2 N–H and O–H groups in total. The number of benzene rings is 1. The molecule has 0 saturated carbocycles. The molecule has 1 aliphatic heterocycles. The summed E-state index contributed by atoms with van der Waals surface area (Å²) in [7, 11) is 0. The summed E-state index contributed by atoms with van der Waals surface area (Å²) >= 11 is 0. The van der Waals surface area contributed by atoms with E-state index in [0.29, 0.717) is 5.54 Å². The molecule has 1 aliphatic rings. The molecule has 1 aromatic rings. The third-order valence-electron chi connectivity index (χ3n) is 4.29. The largest absolute Gasteiger partial charge is 0.330 e. The zero-order valence-electron chi connectivity index (χ0n) is 11.7. The molecule has 1 saturated heterocycles. The van der Waals surface area contributed by atoms with Crippen LogP contribution in [0.25, 0.3) is 0 Å². The van der Waals surface area contributed by atoms with Crippen LogP contribution in [0, 0.1) is 5.92 Å². The topological polar surface area (TPSA) is 29.3 Å². The van der Waals surface area contributed by atoms with Gasteiger partial charge in [0.2, 0.25) is 0 Å². The fourth-order valence-electron chi connectivity index (χ4n) is 2.92. The molecule has 1 aromatic carbocycles. The third kappa shape index (κ3) is 3.33. The van der Waals surface area contributed by atoms with Crippen molar-refractivity contribution in [1.82, 2.24) is 4.90 Å². The highest BCUT2D eigenvalue weighted by molar-refractivity contribution is 5.15. The van der Waals surface area contributed by atoms with Crippen molar-refractivity contribution in [3.8, 4) is 0 Å². The summed E-state index contributed by atoms with van der Waals surface area (Å²) in [6, 6.07) is 10.8. The first-order valence-corrected chi connectivity index (χ1v) is 7.11. The van der Waals surface area contributed by atoms with Crippen LogP contribution in [0.1, 0.15) is 38.7 Å². The molecule has 2 nitrogen and oxygen atoms in total. The van der Waals surface area contributed by atoms with Gasteiger partial charge in [0.05, 0.1) is 0 Å². The first kappa shape index (κ1) is 13.6. The molecule has 1 atom stereocenters. The molecule has 2 rings (SSSR count). The van der Waals surface area contributed by atoms with Gasteiger partial charge in [0.1, 0.15) is 0 Å². The monoisotopic (exact) mass is 246 g/mol. The van der Waals surface area contributed by atoms with Gasteiger partial charge in [-0.15, -0.1) is 0 Å². The number of nitrogens with two attached hydrogens (primary N) is 1. The standard InChI is InChI=1S/C16H26N2/c1-16(2)10-8-15(9-11-17)13-18(16)12-14-6-4-3-5-7-14/h3-7,15H,8-13,17H2,1-2H3. The Morgan fingerprint density at radius 2 is 2.00 bits per heavy atom. The number of rotatable bonds is 4. The Labute approximate surface area is 111 Å². The first-order valence-electron chi connectivity index (χ1n) is 7.11. The van der Waals surface area contributed by atoms with Crippen LogP contribution in [0.5, 0.6) is 0 Å². The fraction of sp³-hybridized carbons (Fsp3) is 0.625. The molecule has 0 aromatic heterocycles. The Balaban J connectivity index is 2.03. The van der Waals surface area contributed by atoms with Gasteiger partial charge in [0.25, 0.3) is 0 Å². The third-order valence-corrected chi connectivity index (χ3v) is 4.29. The molecule has 2 heteroatoms. The maximum absolute atomic E-state index is 5.71. The van der Waals surface area contributed by atoms with Gasteiger partial charge >= 0.3 is 0 Å². The van der Waals surface area contributed by atoms with Crippen LogP contribution in [-0.4, -0.2) is 23.5 Å². The molecule has 0 bridgehead atoms. The van der Waals surface area contributed by atoms with E-state index < -0.39 is 0 Å². The lowest BCUT2D eigenvalue weighted by Crippen LogP contribution is -2.50. The number of nitrogens with zero attached hydrogens (tertiary/aromatic N) is 1. The van der Waals surface area contributed by atoms with Gasteiger partial charge in [-0.05, 0) is 51.1 Å². The SMILES string of the molecule is CC1(C)CCC(CCN)CN1Cc1ccccc1. The maximum atomic E-state index is 5.71. The Bertz CT molecular complexity index is 359. The van der Waals surface area contributed by atoms with Crippen LogP contribution >= 0.6 is 0 Å². The summed E-state index contributed by atoms with van der Waals surface area (Å²) in [6.45, 7) is 7.82. The zero-order chi connectivity index (χ0) is 13.0. The maximum Gasteiger partial charge on any atom is 0.0239 e. The van der Waals surface area contributed by atoms with Gasteiger partial charge < -0.3 is 5.73 Å². The summed E-state index contributed by atoms with van der Waals surface area (Å²) < 4.78 is 0. The minimum absolute atomic E-state index is 0.320. The second-order valence-electron chi connectivity index (χ2n) is 6.16. The molecule has 1 fully saturated rings. The van der Waals surface area contributed by atoms with Crippen molar-refractivity contribution in [2.75, 3.05) is 13.1 Å². The Hall–Kier alpha value is -0.860. The van der Waals surface area contributed by atoms with E-state index in [1.54, 1.807) is 0 Å². The predicted molar refractivity (Wildman–Crippen MR) is 77.3 cm³/mol. The highest BCUT2D eigenvalue weighted by Gasteiger charge is 2.33. The van der Waals surface area contributed by atoms with E-state index in [0.717, 1.165) is 19.0 Å². The van der Waals surface area contributed by atoms with Gasteiger partial charge in [0, 0.05) is 18.6 Å². The molecule has 0 spiro atoms. The molecule has 18 heavy (non-hydrogen) atoms. The average molecular weight is 246 g/mol. The normalized spacial score (nSPS) is 24.1. The number of piperidine rings is 1. The summed E-state index contributed by atoms with van der Waals surface area (Å²) in [6.07, 6.45) is 3.78. The Kier molecular flexibility index (Phi) is 4.41. The summed E-state index contributed by atoms with van der Waals surface area (Å²) in [5.41, 5.74) is 7.44. The second-order valence-corrected chi connectivity index (χ2v) is 6.16. The van der Waals surface area contributed by atoms with Crippen molar-refractivity contribution in [3.63, 3.8) is 0 Å². The molecule has 1 unspecified atom stereocenters. The van der Waals surface area contributed by atoms with E-state index in [2.05, 4.69) is 49.1 Å². The minimum atomic E-state index is 0.320. The lowest BCUT2D eigenvalue weighted by Gasteiger charge is -2.46. The zero-order valence-corrected chi connectivity index (χ0v) is 11.7. The van der Waals surface area contributed by atoms with Gasteiger partial charge in [-0.25, -0.2) is 0 Å². The molecule has 0 amide bonds. The predicted octanol–water partition coefficient (Wildman–Crippen LogP) is 3.03. The quantitative estimate of drug-likeness (QED) is 0.885. The van der Waals surface area contributed by atoms with Crippen molar-refractivity contribution in [2.24, 2.45) is 11.7 Å². The number of likely N-dealkylation sites (tertiary alicyclic amines) is 1. The van der Waals surface area contributed by atoms with Crippen molar-refractivity contribution in [1.29, 1.82) is 0 Å². The van der Waals surface area contributed by atoms with Crippen LogP contribution in [-0.2, 0) is 6.54 Å². The van der Waals surface area contributed by atoms with E-state index in [-0.39, 0.29) is 0 Å². The highest BCUT2D eigenvalue weighted by atomic mass is 15.2. The average Bonchev–Trinajstić information content (AvgIpc) is 2.35. The minimum Gasteiger partial charge on any atom is -0.330 e. The molecular weight excluding hydrogens is 220 g/mol. The number of hydrogen-bond donors (Lipinski definition) is 1. The van der Waals surface area contributed by atoms with Crippen molar-refractivity contribution in [3.05, 3.63) is 35.9 Å². The van der Waals surface area contributed by atoms with Crippen LogP contribution < -0.4 is 5.73 Å². The van der Waals surface area contributed by atoms with E-state index in [4.69, 9.17) is 5.73 Å². The lowest BCUT2D eigenvalue weighted by atomic mass is 9.83. The summed E-state index contributed by atoms with van der Waals surface area (Å²) in [5, 5.41) is 0. The van der Waals surface area contributed by atoms with Crippen molar-refractivity contribution >= 4 is 0 Å². The molecule has 0 aliphatic carbocycles. The van der Waals surface area contributed by atoms with Gasteiger partial charge in [-0.3, -0.25) is 4.90 Å². The van der Waals surface area contributed by atoms with Crippen LogP contribution in [0.15, 0.2) is 30.3 Å². The molecule has 100 valence electrons. The molecule has 1 heterocycles. The molecule has 0 radical (unpaired) electrons. The van der Waals surface area contributed by atoms with Crippen LogP contribution in [0.2, 0.25) is 0 Å². The van der Waals surface area contributed by atoms with Gasteiger partial charge in [0.15, 0.2) is 0 Å². The first-order chi connectivity index (χ1) is 8.62. The lowest BCUT2D eigenvalue weighted by molar-refractivity contribution is 0.0362.